The third kappa shape index (κ3) is 4.15. The average Bonchev–Trinajstić information content (AvgIpc) is 2.98. The predicted octanol–water partition coefficient (Wildman–Crippen LogP) is 3.22. The SMILES string of the molecule is CCOC(=O)Cn1c(=NC(=O)c2ccc([N+](=O)[O-])cc2)sc2cc(C)ccc21. The molecule has 0 unspecified atom stereocenters. The predicted molar refractivity (Wildman–Crippen MR) is 104 cm³/mol. The van der Waals surface area contributed by atoms with Crippen molar-refractivity contribution in [3.63, 3.8) is 0 Å². The highest BCUT2D eigenvalue weighted by molar-refractivity contribution is 7.16. The van der Waals surface area contributed by atoms with Gasteiger partial charge >= 0.3 is 5.97 Å². The van der Waals surface area contributed by atoms with E-state index < -0.39 is 16.8 Å². The Morgan fingerprint density at radius 1 is 1.21 bits per heavy atom. The molecule has 3 rings (SSSR count). The highest BCUT2D eigenvalue weighted by Crippen LogP contribution is 2.19. The molecule has 1 heterocycles. The molecule has 0 saturated heterocycles. The molecule has 2 aromatic carbocycles. The van der Waals surface area contributed by atoms with E-state index in [0.717, 1.165) is 15.8 Å². The Balaban J connectivity index is 2.05. The molecular weight excluding hydrogens is 382 g/mol. The van der Waals surface area contributed by atoms with Crippen LogP contribution in [-0.4, -0.2) is 28.0 Å². The van der Waals surface area contributed by atoms with E-state index in [1.54, 1.807) is 11.5 Å². The van der Waals surface area contributed by atoms with Crippen molar-refractivity contribution in [3.05, 3.63) is 68.5 Å². The molecule has 0 saturated carbocycles. The van der Waals surface area contributed by atoms with Gasteiger partial charge in [-0.1, -0.05) is 17.4 Å². The minimum atomic E-state index is -0.546. The van der Waals surface area contributed by atoms with E-state index in [1.165, 1.54) is 35.6 Å². The number of benzene rings is 2. The Morgan fingerprint density at radius 3 is 2.57 bits per heavy atom. The first-order valence-electron chi connectivity index (χ1n) is 8.48. The fourth-order valence-corrected chi connectivity index (χ4v) is 3.76. The van der Waals surface area contributed by atoms with E-state index in [-0.39, 0.29) is 24.4 Å². The standard InChI is InChI=1S/C19H17N3O5S/c1-3-27-17(23)11-21-15-9-4-12(2)10-16(15)28-19(21)20-18(24)13-5-7-14(8-6-13)22(25)26/h4-10H,3,11H2,1-2H3. The average molecular weight is 399 g/mol. The van der Waals surface area contributed by atoms with Gasteiger partial charge in [0.05, 0.1) is 21.7 Å². The van der Waals surface area contributed by atoms with Gasteiger partial charge in [-0.2, -0.15) is 4.99 Å². The summed E-state index contributed by atoms with van der Waals surface area (Å²) in [5.41, 5.74) is 1.94. The number of amides is 1. The summed E-state index contributed by atoms with van der Waals surface area (Å²) in [6.07, 6.45) is 0. The number of carbonyl (C=O) groups excluding carboxylic acids is 2. The second-order valence-electron chi connectivity index (χ2n) is 5.97. The monoisotopic (exact) mass is 399 g/mol. The number of fused-ring (bicyclic) bond motifs is 1. The van der Waals surface area contributed by atoms with Gasteiger partial charge in [-0.05, 0) is 43.7 Å². The number of nitro groups is 1. The summed E-state index contributed by atoms with van der Waals surface area (Å²) in [5.74, 6) is -0.970. The highest BCUT2D eigenvalue weighted by Gasteiger charge is 2.14. The van der Waals surface area contributed by atoms with E-state index >= 15 is 0 Å². The first-order valence-corrected chi connectivity index (χ1v) is 9.30. The van der Waals surface area contributed by atoms with E-state index in [0.29, 0.717) is 4.80 Å². The molecule has 1 amide bonds. The molecule has 28 heavy (non-hydrogen) atoms. The van der Waals surface area contributed by atoms with Crippen LogP contribution in [-0.2, 0) is 16.1 Å². The molecule has 144 valence electrons. The van der Waals surface area contributed by atoms with Crippen LogP contribution in [0, 0.1) is 17.0 Å². The van der Waals surface area contributed by atoms with Crippen molar-refractivity contribution >= 4 is 39.1 Å². The van der Waals surface area contributed by atoms with Gasteiger partial charge in [-0.15, -0.1) is 0 Å². The minimum Gasteiger partial charge on any atom is -0.465 e. The maximum Gasteiger partial charge on any atom is 0.326 e. The number of carbonyl (C=O) groups is 2. The number of nitro benzene ring substituents is 1. The number of esters is 1. The van der Waals surface area contributed by atoms with Crippen LogP contribution in [0.3, 0.4) is 0 Å². The molecule has 0 spiro atoms. The normalized spacial score (nSPS) is 11.6. The second kappa shape index (κ2) is 8.13. The summed E-state index contributed by atoms with van der Waals surface area (Å²) in [6.45, 7) is 3.87. The van der Waals surface area contributed by atoms with Crippen molar-refractivity contribution < 1.29 is 19.2 Å². The number of thiazole rings is 1. The number of ether oxygens (including phenoxy) is 1. The third-order valence-corrected chi connectivity index (χ3v) is 4.99. The lowest BCUT2D eigenvalue weighted by molar-refractivity contribution is -0.384. The Labute approximate surface area is 163 Å². The molecule has 0 bridgehead atoms. The van der Waals surface area contributed by atoms with Crippen molar-refractivity contribution in [2.45, 2.75) is 20.4 Å². The van der Waals surface area contributed by atoms with Gasteiger partial charge in [-0.25, -0.2) is 0 Å². The molecule has 0 fully saturated rings. The fourth-order valence-electron chi connectivity index (χ4n) is 2.63. The fraction of sp³-hybridized carbons (Fsp3) is 0.211. The number of rotatable bonds is 5. The van der Waals surface area contributed by atoms with Crippen LogP contribution in [0.5, 0.6) is 0 Å². The molecule has 0 aliphatic heterocycles. The van der Waals surface area contributed by atoms with Crippen LogP contribution in [0.2, 0.25) is 0 Å². The van der Waals surface area contributed by atoms with Gasteiger partial charge in [0.25, 0.3) is 11.6 Å². The quantitative estimate of drug-likeness (QED) is 0.372. The maximum absolute atomic E-state index is 12.5. The Hall–Kier alpha value is -3.33. The van der Waals surface area contributed by atoms with E-state index in [1.807, 2.05) is 25.1 Å². The third-order valence-electron chi connectivity index (χ3n) is 3.95. The molecule has 0 N–H and O–H groups in total. The van der Waals surface area contributed by atoms with Crippen LogP contribution < -0.4 is 4.80 Å². The Bertz CT molecular complexity index is 1130. The maximum atomic E-state index is 12.5. The first kappa shape index (κ1) is 19.4. The Kier molecular flexibility index (Phi) is 5.65. The van der Waals surface area contributed by atoms with E-state index in [9.17, 15) is 19.7 Å². The van der Waals surface area contributed by atoms with Crippen molar-refractivity contribution in [2.24, 2.45) is 4.99 Å². The zero-order valence-electron chi connectivity index (χ0n) is 15.2. The molecule has 0 aliphatic rings. The number of non-ortho nitro benzene ring substituents is 1. The smallest absolute Gasteiger partial charge is 0.326 e. The lowest BCUT2D eigenvalue weighted by atomic mass is 10.2. The largest absolute Gasteiger partial charge is 0.465 e. The Morgan fingerprint density at radius 2 is 1.93 bits per heavy atom. The van der Waals surface area contributed by atoms with E-state index in [2.05, 4.69) is 4.99 Å². The van der Waals surface area contributed by atoms with Crippen molar-refractivity contribution in [1.82, 2.24) is 4.57 Å². The van der Waals surface area contributed by atoms with Crippen LogP contribution in [0.15, 0.2) is 47.5 Å². The van der Waals surface area contributed by atoms with Crippen molar-refractivity contribution in [1.29, 1.82) is 0 Å². The number of hydrogen-bond acceptors (Lipinski definition) is 6. The summed E-state index contributed by atoms with van der Waals surface area (Å²) in [4.78, 5) is 39.3. The van der Waals surface area contributed by atoms with Gasteiger partial charge < -0.3 is 9.30 Å². The first-order chi connectivity index (χ1) is 13.4. The van der Waals surface area contributed by atoms with Crippen LogP contribution in [0.4, 0.5) is 5.69 Å². The topological polar surface area (TPSA) is 104 Å². The van der Waals surface area contributed by atoms with Gasteiger partial charge in [0.1, 0.15) is 6.54 Å². The van der Waals surface area contributed by atoms with E-state index in [4.69, 9.17) is 4.74 Å². The molecule has 9 heteroatoms. The number of aromatic nitrogens is 1. The summed E-state index contributed by atoms with van der Waals surface area (Å²) in [7, 11) is 0. The molecule has 1 aromatic heterocycles. The van der Waals surface area contributed by atoms with Crippen LogP contribution in [0.25, 0.3) is 10.2 Å². The molecule has 3 aromatic rings. The highest BCUT2D eigenvalue weighted by atomic mass is 32.1. The summed E-state index contributed by atoms with van der Waals surface area (Å²) in [5, 5.41) is 10.8. The summed E-state index contributed by atoms with van der Waals surface area (Å²) < 4.78 is 7.55. The molecule has 0 radical (unpaired) electrons. The summed E-state index contributed by atoms with van der Waals surface area (Å²) >= 11 is 1.29. The zero-order valence-corrected chi connectivity index (χ0v) is 16.1. The van der Waals surface area contributed by atoms with Gasteiger partial charge in [0.2, 0.25) is 0 Å². The molecule has 8 nitrogen and oxygen atoms in total. The van der Waals surface area contributed by atoms with Crippen molar-refractivity contribution in [2.75, 3.05) is 6.61 Å². The summed E-state index contributed by atoms with van der Waals surface area (Å²) in [6, 6.07) is 11.0. The zero-order chi connectivity index (χ0) is 20.3. The van der Waals surface area contributed by atoms with Crippen molar-refractivity contribution in [3.8, 4) is 0 Å². The van der Waals surface area contributed by atoms with Crippen LogP contribution >= 0.6 is 11.3 Å². The van der Waals surface area contributed by atoms with Gasteiger partial charge in [0.15, 0.2) is 4.80 Å². The number of aryl methyl sites for hydroxylation is 1. The molecule has 0 atom stereocenters. The lowest BCUT2D eigenvalue weighted by Crippen LogP contribution is -2.23. The second-order valence-corrected chi connectivity index (χ2v) is 6.98. The van der Waals surface area contributed by atoms with Gasteiger partial charge in [0, 0.05) is 17.7 Å². The molecular formula is C19H17N3O5S. The number of nitrogens with zero attached hydrogens (tertiary/aromatic N) is 3. The molecule has 0 aliphatic carbocycles. The minimum absolute atomic E-state index is 0.0662. The van der Waals surface area contributed by atoms with Crippen LogP contribution in [0.1, 0.15) is 22.8 Å². The lowest BCUT2D eigenvalue weighted by Gasteiger charge is -2.05. The van der Waals surface area contributed by atoms with Gasteiger partial charge in [-0.3, -0.25) is 19.7 Å². The number of hydrogen-bond donors (Lipinski definition) is 0.